The van der Waals surface area contributed by atoms with E-state index in [1.54, 1.807) is 0 Å². The maximum atomic E-state index is 7.01. The first-order valence-electron chi connectivity index (χ1n) is 18.9. The number of fused-ring (bicyclic) bond motifs is 9. The average molecular weight is 764 g/mol. The van der Waals surface area contributed by atoms with E-state index in [9.17, 15) is 0 Å². The first kappa shape index (κ1) is 32.3. The van der Waals surface area contributed by atoms with Crippen LogP contribution < -0.4 is 0 Å². The van der Waals surface area contributed by atoms with E-state index in [0.717, 1.165) is 49.8 Å². The summed E-state index contributed by atoms with van der Waals surface area (Å²) in [5.74, 6) is 1.81. The average Bonchev–Trinajstić information content (AvgIpc) is 3.98. The summed E-state index contributed by atoms with van der Waals surface area (Å²) in [5.41, 5.74) is 9.05. The fraction of sp³-hybridized carbons (Fsp3) is 0. The summed E-state index contributed by atoms with van der Waals surface area (Å²) in [6, 6.07) is 61.8. The lowest BCUT2D eigenvalue weighted by molar-refractivity contribution is 0.670. The maximum absolute atomic E-state index is 7.01. The number of furan rings is 1. The zero-order chi connectivity index (χ0) is 37.5. The molecule has 12 rings (SSSR count). The largest absolute Gasteiger partial charge is 0.455 e. The molecule has 0 unspecified atom stereocenters. The Morgan fingerprint density at radius 1 is 0.298 bits per heavy atom. The molecule has 0 aliphatic rings. The molecule has 4 nitrogen and oxygen atoms in total. The minimum absolute atomic E-state index is 0.571. The molecule has 4 aromatic heterocycles. The predicted molar refractivity (Wildman–Crippen MR) is 240 cm³/mol. The molecular weight excluding hydrogens is 735 g/mol. The Balaban J connectivity index is 1.05. The molecule has 8 aromatic carbocycles. The van der Waals surface area contributed by atoms with Crippen molar-refractivity contribution in [2.75, 3.05) is 0 Å². The van der Waals surface area contributed by atoms with Gasteiger partial charge in [-0.05, 0) is 12.1 Å². The molecule has 0 aliphatic carbocycles. The smallest absolute Gasteiger partial charge is 0.167 e. The lowest BCUT2D eigenvalue weighted by Gasteiger charge is -2.08. The van der Waals surface area contributed by atoms with Crippen LogP contribution in [0.15, 0.2) is 180 Å². The summed E-state index contributed by atoms with van der Waals surface area (Å²) < 4.78 is 12.2. The number of hydrogen-bond donors (Lipinski definition) is 0. The number of para-hydroxylation sites is 2. The van der Waals surface area contributed by atoms with Crippen LogP contribution in [0.3, 0.4) is 0 Å². The lowest BCUT2D eigenvalue weighted by atomic mass is 9.98. The van der Waals surface area contributed by atoms with Gasteiger partial charge in [-0.15, -0.1) is 22.7 Å². The zero-order valence-corrected chi connectivity index (χ0v) is 31.9. The van der Waals surface area contributed by atoms with Crippen LogP contribution in [0.5, 0.6) is 0 Å². The van der Waals surface area contributed by atoms with Crippen molar-refractivity contribution < 1.29 is 4.42 Å². The third-order valence-electron chi connectivity index (χ3n) is 11.0. The molecule has 57 heavy (non-hydrogen) atoms. The van der Waals surface area contributed by atoms with Crippen molar-refractivity contribution in [1.29, 1.82) is 0 Å². The molecule has 0 amide bonds. The molecule has 0 bridgehead atoms. The summed E-state index contributed by atoms with van der Waals surface area (Å²) in [6.07, 6.45) is 0. The van der Waals surface area contributed by atoms with E-state index in [0.29, 0.717) is 17.5 Å². The highest BCUT2D eigenvalue weighted by Crippen LogP contribution is 2.48. The summed E-state index contributed by atoms with van der Waals surface area (Å²) in [4.78, 5) is 15.0. The van der Waals surface area contributed by atoms with Gasteiger partial charge in [0.05, 0.1) is 5.56 Å². The van der Waals surface area contributed by atoms with Gasteiger partial charge in [-0.3, -0.25) is 0 Å². The van der Waals surface area contributed by atoms with E-state index in [1.165, 1.54) is 51.5 Å². The fourth-order valence-corrected chi connectivity index (χ4v) is 10.9. The van der Waals surface area contributed by atoms with Crippen molar-refractivity contribution in [2.24, 2.45) is 0 Å². The molecular formula is C51H29N3OS2. The van der Waals surface area contributed by atoms with Gasteiger partial charge in [0, 0.05) is 84.5 Å². The van der Waals surface area contributed by atoms with E-state index in [-0.39, 0.29) is 0 Å². The van der Waals surface area contributed by atoms with E-state index in [1.807, 2.05) is 83.3 Å². The summed E-state index contributed by atoms with van der Waals surface area (Å²) in [5, 5.41) is 7.22. The minimum atomic E-state index is 0.571. The Bertz CT molecular complexity index is 3470. The van der Waals surface area contributed by atoms with Gasteiger partial charge in [0.15, 0.2) is 17.5 Å². The second kappa shape index (κ2) is 12.8. The maximum Gasteiger partial charge on any atom is 0.167 e. The van der Waals surface area contributed by atoms with Crippen LogP contribution in [-0.4, -0.2) is 15.0 Å². The first-order chi connectivity index (χ1) is 28.3. The topological polar surface area (TPSA) is 51.8 Å². The summed E-state index contributed by atoms with van der Waals surface area (Å²) in [6.45, 7) is 0. The Kier molecular flexibility index (Phi) is 7.24. The number of benzene rings is 8. The second-order valence-electron chi connectivity index (χ2n) is 14.3. The highest BCUT2D eigenvalue weighted by Gasteiger charge is 2.22. The van der Waals surface area contributed by atoms with Crippen molar-refractivity contribution in [3.05, 3.63) is 176 Å². The van der Waals surface area contributed by atoms with Crippen LogP contribution in [0.1, 0.15) is 0 Å². The second-order valence-corrected chi connectivity index (χ2v) is 16.3. The van der Waals surface area contributed by atoms with Crippen LogP contribution >= 0.6 is 22.7 Å². The zero-order valence-electron chi connectivity index (χ0n) is 30.3. The standard InChI is InChI=1S/C51H29N3OS2/c1-3-14-30(15-4-1)49-52-50(31-16-5-2-6-17-31)54-51(53-49)42-28-10-20-34-33-19-9-21-35(44(33)55-45(34)42)37-23-12-25-40-41-27-13-26-39(48(41)57-47(37)40)38-24-11-22-36-32-18-7-8-29-43(32)56-46(36)38/h1-29H. The summed E-state index contributed by atoms with van der Waals surface area (Å²) in [7, 11) is 0. The lowest BCUT2D eigenvalue weighted by Crippen LogP contribution is -2.00. The van der Waals surface area contributed by atoms with E-state index in [2.05, 4.69) is 115 Å². The van der Waals surface area contributed by atoms with Crippen LogP contribution in [0.2, 0.25) is 0 Å². The first-order valence-corrected chi connectivity index (χ1v) is 20.6. The minimum Gasteiger partial charge on any atom is -0.455 e. The molecule has 0 atom stereocenters. The third-order valence-corrected chi connectivity index (χ3v) is 13.5. The number of rotatable bonds is 5. The third kappa shape index (κ3) is 5.08. The molecule has 0 fully saturated rings. The van der Waals surface area contributed by atoms with Crippen LogP contribution in [0, 0.1) is 0 Å². The Morgan fingerprint density at radius 2 is 0.702 bits per heavy atom. The van der Waals surface area contributed by atoms with Crippen LogP contribution in [-0.2, 0) is 0 Å². The quantitative estimate of drug-likeness (QED) is 0.175. The van der Waals surface area contributed by atoms with E-state index < -0.39 is 0 Å². The SMILES string of the molecule is c1ccc(-c2nc(-c3ccccc3)nc(-c3cccc4c3oc3c(-c5cccc6c5sc5c(-c7cccc8c7sc7ccccc78)cccc56)cccc34)n2)cc1. The van der Waals surface area contributed by atoms with Crippen molar-refractivity contribution in [1.82, 2.24) is 15.0 Å². The van der Waals surface area contributed by atoms with Gasteiger partial charge in [-0.25, -0.2) is 15.0 Å². The van der Waals surface area contributed by atoms with Crippen LogP contribution in [0.4, 0.5) is 0 Å². The molecule has 0 N–H and O–H groups in total. The van der Waals surface area contributed by atoms with Crippen LogP contribution in [0.25, 0.3) is 119 Å². The van der Waals surface area contributed by atoms with Gasteiger partial charge in [-0.2, -0.15) is 0 Å². The molecule has 0 spiro atoms. The Labute approximate surface area is 335 Å². The van der Waals surface area contributed by atoms with Gasteiger partial charge in [-0.1, -0.05) is 164 Å². The highest BCUT2D eigenvalue weighted by molar-refractivity contribution is 7.27. The summed E-state index contributed by atoms with van der Waals surface area (Å²) >= 11 is 3.75. The molecule has 0 aliphatic heterocycles. The molecule has 0 saturated carbocycles. The predicted octanol–water partition coefficient (Wildman–Crippen LogP) is 14.8. The molecule has 4 heterocycles. The Hall–Kier alpha value is -6.99. The van der Waals surface area contributed by atoms with Crippen molar-refractivity contribution in [3.8, 4) is 56.4 Å². The molecule has 12 aromatic rings. The van der Waals surface area contributed by atoms with Crippen molar-refractivity contribution in [3.63, 3.8) is 0 Å². The molecule has 6 heteroatoms. The van der Waals surface area contributed by atoms with Crippen molar-refractivity contribution in [2.45, 2.75) is 0 Å². The van der Waals surface area contributed by atoms with E-state index in [4.69, 9.17) is 19.4 Å². The number of hydrogen-bond acceptors (Lipinski definition) is 6. The van der Waals surface area contributed by atoms with Gasteiger partial charge in [0.2, 0.25) is 0 Å². The normalized spacial score (nSPS) is 11.9. The van der Waals surface area contributed by atoms with Gasteiger partial charge in [0.1, 0.15) is 11.2 Å². The molecule has 0 saturated heterocycles. The molecule has 266 valence electrons. The Morgan fingerprint density at radius 3 is 1.30 bits per heavy atom. The fourth-order valence-electron chi connectivity index (χ4n) is 8.34. The number of nitrogens with zero attached hydrogens (tertiary/aromatic N) is 3. The van der Waals surface area contributed by atoms with E-state index >= 15 is 0 Å². The van der Waals surface area contributed by atoms with Gasteiger partial charge < -0.3 is 4.42 Å². The van der Waals surface area contributed by atoms with Gasteiger partial charge >= 0.3 is 0 Å². The van der Waals surface area contributed by atoms with Gasteiger partial charge in [0.25, 0.3) is 0 Å². The molecule has 0 radical (unpaired) electrons. The van der Waals surface area contributed by atoms with Crippen molar-refractivity contribution >= 4 is 85.0 Å². The number of aromatic nitrogens is 3. The number of thiophene rings is 2. The highest BCUT2D eigenvalue weighted by atomic mass is 32.1. The monoisotopic (exact) mass is 763 g/mol.